The van der Waals surface area contributed by atoms with Crippen LogP contribution in [-0.4, -0.2) is 41.2 Å². The molecule has 0 aliphatic carbocycles. The standard InChI is InChI=1S/C19H19N7OS/c1-25-12-23-24-19(25)28-16-6-5-13(27-16)10-26-9-7-14-17(22-11-21-14)18(26)15-4-2-3-8-20-15/h2-6,8,11-12,18H,7,9-10H2,1H3,(H,21,22). The number of aromatic amines is 1. The summed E-state index contributed by atoms with van der Waals surface area (Å²) < 4.78 is 7.93. The number of aromatic nitrogens is 6. The molecular weight excluding hydrogens is 374 g/mol. The van der Waals surface area contributed by atoms with Crippen molar-refractivity contribution in [3.63, 3.8) is 0 Å². The van der Waals surface area contributed by atoms with Gasteiger partial charge in [0.2, 0.25) is 0 Å². The lowest BCUT2D eigenvalue weighted by Gasteiger charge is -2.33. The fraction of sp³-hybridized carbons (Fsp3) is 0.263. The second kappa shape index (κ2) is 7.25. The third-order valence-corrected chi connectivity index (χ3v) is 5.82. The second-order valence-electron chi connectivity index (χ2n) is 6.69. The minimum atomic E-state index is 0.0103. The normalized spacial score (nSPS) is 17.0. The molecule has 0 aromatic carbocycles. The van der Waals surface area contributed by atoms with E-state index >= 15 is 0 Å². The first-order valence-electron chi connectivity index (χ1n) is 9.05. The summed E-state index contributed by atoms with van der Waals surface area (Å²) in [5.74, 6) is 0.907. The van der Waals surface area contributed by atoms with Gasteiger partial charge in [-0.3, -0.25) is 9.88 Å². The number of nitrogens with zero attached hydrogens (tertiary/aromatic N) is 6. The van der Waals surface area contributed by atoms with Crippen LogP contribution in [-0.2, 0) is 20.0 Å². The van der Waals surface area contributed by atoms with Crippen LogP contribution in [0.4, 0.5) is 0 Å². The van der Waals surface area contributed by atoms with Crippen LogP contribution in [0.1, 0.15) is 28.9 Å². The van der Waals surface area contributed by atoms with Crippen LogP contribution in [0.5, 0.6) is 0 Å². The maximum Gasteiger partial charge on any atom is 0.198 e. The topological polar surface area (TPSA) is 88.7 Å². The fourth-order valence-electron chi connectivity index (χ4n) is 3.51. The van der Waals surface area contributed by atoms with Gasteiger partial charge in [-0.1, -0.05) is 6.07 Å². The van der Waals surface area contributed by atoms with Crippen molar-refractivity contribution < 1.29 is 4.42 Å². The van der Waals surface area contributed by atoms with Crippen LogP contribution in [0, 0.1) is 0 Å². The summed E-state index contributed by atoms with van der Waals surface area (Å²) in [7, 11) is 1.92. The largest absolute Gasteiger partial charge is 0.453 e. The van der Waals surface area contributed by atoms with Crippen molar-refractivity contribution in [2.75, 3.05) is 6.54 Å². The molecule has 4 aromatic rings. The molecule has 9 heteroatoms. The van der Waals surface area contributed by atoms with Crippen molar-refractivity contribution in [3.05, 3.63) is 72.0 Å². The molecule has 1 atom stereocenters. The van der Waals surface area contributed by atoms with E-state index in [4.69, 9.17) is 4.42 Å². The zero-order valence-corrected chi connectivity index (χ0v) is 16.1. The molecule has 5 heterocycles. The summed E-state index contributed by atoms with van der Waals surface area (Å²) in [6, 6.07) is 10.0. The highest BCUT2D eigenvalue weighted by atomic mass is 32.2. The maximum absolute atomic E-state index is 6.06. The van der Waals surface area contributed by atoms with Crippen LogP contribution < -0.4 is 0 Å². The Hall–Kier alpha value is -2.91. The van der Waals surface area contributed by atoms with Gasteiger partial charge < -0.3 is 14.0 Å². The van der Waals surface area contributed by atoms with Crippen LogP contribution in [0.3, 0.4) is 0 Å². The molecule has 1 N–H and O–H groups in total. The van der Waals surface area contributed by atoms with Gasteiger partial charge in [-0.15, -0.1) is 10.2 Å². The highest BCUT2D eigenvalue weighted by molar-refractivity contribution is 7.99. The Labute approximate surface area is 166 Å². The Kier molecular flexibility index (Phi) is 4.46. The van der Waals surface area contributed by atoms with E-state index in [0.29, 0.717) is 6.54 Å². The van der Waals surface area contributed by atoms with E-state index in [9.17, 15) is 0 Å². The van der Waals surface area contributed by atoms with Gasteiger partial charge in [0, 0.05) is 31.9 Å². The summed E-state index contributed by atoms with van der Waals surface area (Å²) >= 11 is 1.47. The minimum Gasteiger partial charge on any atom is -0.453 e. The smallest absolute Gasteiger partial charge is 0.198 e. The molecule has 0 spiro atoms. The summed E-state index contributed by atoms with van der Waals surface area (Å²) in [5, 5.41) is 9.60. The Bertz CT molecular complexity index is 1070. The SMILES string of the molecule is Cn1cnnc1Sc1ccc(CN2CCc3[nH]cnc3C2c2ccccn2)o1. The molecule has 142 valence electrons. The Morgan fingerprint density at radius 1 is 1.25 bits per heavy atom. The molecule has 0 bridgehead atoms. The number of H-pyrrole nitrogens is 1. The maximum atomic E-state index is 6.06. The summed E-state index contributed by atoms with van der Waals surface area (Å²) in [5.41, 5.74) is 3.23. The van der Waals surface area contributed by atoms with Crippen LogP contribution >= 0.6 is 11.8 Å². The quantitative estimate of drug-likeness (QED) is 0.558. The highest BCUT2D eigenvalue weighted by Gasteiger charge is 2.32. The molecule has 1 aliphatic heterocycles. The van der Waals surface area contributed by atoms with Crippen molar-refractivity contribution in [2.24, 2.45) is 7.05 Å². The number of hydrogen-bond acceptors (Lipinski definition) is 7. The van der Waals surface area contributed by atoms with E-state index in [0.717, 1.165) is 40.4 Å². The van der Waals surface area contributed by atoms with E-state index in [-0.39, 0.29) is 6.04 Å². The average molecular weight is 393 g/mol. The Morgan fingerprint density at radius 3 is 3.04 bits per heavy atom. The van der Waals surface area contributed by atoms with E-state index in [2.05, 4.69) is 36.1 Å². The molecule has 0 amide bonds. The highest BCUT2D eigenvalue weighted by Crippen LogP contribution is 2.34. The second-order valence-corrected chi connectivity index (χ2v) is 7.66. The monoisotopic (exact) mass is 393 g/mol. The lowest BCUT2D eigenvalue weighted by molar-refractivity contribution is 0.178. The van der Waals surface area contributed by atoms with Gasteiger partial charge in [-0.2, -0.15) is 0 Å². The number of rotatable bonds is 5. The van der Waals surface area contributed by atoms with Crippen LogP contribution in [0.15, 0.2) is 63.8 Å². The molecule has 8 nitrogen and oxygen atoms in total. The number of pyridine rings is 1. The van der Waals surface area contributed by atoms with Gasteiger partial charge in [-0.05, 0) is 36.0 Å². The van der Waals surface area contributed by atoms with Crippen molar-refractivity contribution in [1.82, 2.24) is 34.6 Å². The zero-order valence-electron chi connectivity index (χ0n) is 15.3. The van der Waals surface area contributed by atoms with Gasteiger partial charge in [0.25, 0.3) is 0 Å². The number of furan rings is 1. The Balaban J connectivity index is 1.39. The number of imidazole rings is 1. The molecule has 1 aliphatic rings. The predicted molar refractivity (Wildman–Crippen MR) is 103 cm³/mol. The van der Waals surface area contributed by atoms with E-state index < -0.39 is 0 Å². The van der Waals surface area contributed by atoms with Crippen molar-refractivity contribution in [1.29, 1.82) is 0 Å². The van der Waals surface area contributed by atoms with Gasteiger partial charge in [0.15, 0.2) is 10.2 Å². The molecule has 0 fully saturated rings. The number of fused-ring (bicyclic) bond motifs is 1. The first-order chi connectivity index (χ1) is 13.8. The fourth-order valence-corrected chi connectivity index (χ4v) is 4.26. The number of hydrogen-bond donors (Lipinski definition) is 1. The summed E-state index contributed by atoms with van der Waals surface area (Å²) in [4.78, 5) is 14.8. The average Bonchev–Trinajstić information content (AvgIpc) is 3.45. The molecule has 0 saturated heterocycles. The van der Waals surface area contributed by atoms with E-state index in [1.54, 1.807) is 12.7 Å². The predicted octanol–water partition coefficient (Wildman–Crippen LogP) is 2.83. The number of aryl methyl sites for hydroxylation is 1. The third-order valence-electron chi connectivity index (χ3n) is 4.85. The van der Waals surface area contributed by atoms with Crippen molar-refractivity contribution in [2.45, 2.75) is 29.3 Å². The summed E-state index contributed by atoms with van der Waals surface area (Å²) in [6.07, 6.45) is 6.21. The van der Waals surface area contributed by atoms with Gasteiger partial charge in [0.1, 0.15) is 12.1 Å². The van der Waals surface area contributed by atoms with Gasteiger partial charge in [0.05, 0.1) is 30.3 Å². The minimum absolute atomic E-state index is 0.0103. The van der Waals surface area contributed by atoms with Crippen molar-refractivity contribution >= 4 is 11.8 Å². The van der Waals surface area contributed by atoms with E-state index in [1.807, 2.05) is 42.1 Å². The van der Waals surface area contributed by atoms with Gasteiger partial charge >= 0.3 is 0 Å². The molecule has 5 rings (SSSR count). The number of nitrogens with one attached hydrogen (secondary N) is 1. The zero-order chi connectivity index (χ0) is 18.9. The molecular formula is C19H19N7OS. The molecule has 4 aromatic heterocycles. The molecule has 28 heavy (non-hydrogen) atoms. The van der Waals surface area contributed by atoms with Crippen LogP contribution in [0.25, 0.3) is 0 Å². The van der Waals surface area contributed by atoms with Gasteiger partial charge in [-0.25, -0.2) is 4.98 Å². The van der Waals surface area contributed by atoms with E-state index in [1.165, 1.54) is 17.5 Å². The lowest BCUT2D eigenvalue weighted by Crippen LogP contribution is -2.36. The van der Waals surface area contributed by atoms with Crippen molar-refractivity contribution in [3.8, 4) is 0 Å². The summed E-state index contributed by atoms with van der Waals surface area (Å²) in [6.45, 7) is 1.59. The van der Waals surface area contributed by atoms with Crippen LogP contribution in [0.2, 0.25) is 0 Å². The third kappa shape index (κ3) is 3.23. The first-order valence-corrected chi connectivity index (χ1v) is 9.87. The Morgan fingerprint density at radius 2 is 2.21 bits per heavy atom. The molecule has 0 radical (unpaired) electrons. The lowest BCUT2D eigenvalue weighted by atomic mass is 9.99. The molecule has 1 unspecified atom stereocenters. The molecule has 0 saturated carbocycles. The first kappa shape index (κ1) is 17.2.